The van der Waals surface area contributed by atoms with Gasteiger partial charge in [0.05, 0.1) is 5.60 Å². The van der Waals surface area contributed by atoms with Crippen LogP contribution in [0.2, 0.25) is 0 Å². The lowest BCUT2D eigenvalue weighted by Gasteiger charge is -2.13. The van der Waals surface area contributed by atoms with Crippen LogP contribution in [0.25, 0.3) is 0 Å². The molecule has 0 atom stereocenters. The molecule has 0 spiro atoms. The molecule has 15 heavy (non-hydrogen) atoms. The minimum absolute atomic E-state index is 0.118. The van der Waals surface area contributed by atoms with Crippen molar-refractivity contribution in [3.8, 4) is 0 Å². The van der Waals surface area contributed by atoms with Gasteiger partial charge in [-0.15, -0.1) is 0 Å². The van der Waals surface area contributed by atoms with Crippen LogP contribution in [0, 0.1) is 0 Å². The summed E-state index contributed by atoms with van der Waals surface area (Å²) in [6.07, 6.45) is 2.19. The smallest absolute Gasteiger partial charge is 0.303 e. The summed E-state index contributed by atoms with van der Waals surface area (Å²) in [5.41, 5.74) is 1.20. The molecule has 1 aliphatic rings. The second-order valence-electron chi connectivity index (χ2n) is 4.08. The molecule has 3 nitrogen and oxygen atoms in total. The van der Waals surface area contributed by atoms with E-state index in [1.54, 1.807) is 0 Å². The number of hydrogen-bond donors (Lipinski definition) is 2. The number of carbonyl (C=O) groups is 1. The zero-order valence-corrected chi connectivity index (χ0v) is 8.44. The molecule has 1 aliphatic carbocycles. The molecule has 0 saturated heterocycles. The lowest BCUT2D eigenvalue weighted by atomic mass is 9.97. The molecule has 1 aromatic rings. The predicted molar refractivity (Wildman–Crippen MR) is 55.5 cm³/mol. The summed E-state index contributed by atoms with van der Waals surface area (Å²) >= 11 is 0. The Morgan fingerprint density at radius 1 is 1.33 bits per heavy atom. The Hall–Kier alpha value is -1.35. The van der Waals surface area contributed by atoms with Crippen LogP contribution in [0.4, 0.5) is 0 Å². The summed E-state index contributed by atoms with van der Waals surface area (Å²) in [7, 11) is 0. The van der Waals surface area contributed by atoms with E-state index >= 15 is 0 Å². The largest absolute Gasteiger partial charge is 0.481 e. The van der Waals surface area contributed by atoms with Gasteiger partial charge in [-0.1, -0.05) is 24.3 Å². The number of rotatable bonds is 4. The SMILES string of the molecule is O=C(O)CCc1ccccc1C1(O)CC1. The molecule has 3 heteroatoms. The van der Waals surface area contributed by atoms with Crippen LogP contribution in [0.15, 0.2) is 24.3 Å². The van der Waals surface area contributed by atoms with Crippen LogP contribution < -0.4 is 0 Å². The van der Waals surface area contributed by atoms with Crippen molar-refractivity contribution in [2.45, 2.75) is 31.3 Å². The van der Waals surface area contributed by atoms with Crippen molar-refractivity contribution < 1.29 is 15.0 Å². The van der Waals surface area contributed by atoms with E-state index in [1.165, 1.54) is 0 Å². The number of carboxylic acid groups (broad SMARTS) is 1. The second-order valence-corrected chi connectivity index (χ2v) is 4.08. The quantitative estimate of drug-likeness (QED) is 0.788. The van der Waals surface area contributed by atoms with E-state index in [1.807, 2.05) is 24.3 Å². The highest BCUT2D eigenvalue weighted by molar-refractivity contribution is 5.67. The van der Waals surface area contributed by atoms with Gasteiger partial charge in [-0.05, 0) is 30.4 Å². The topological polar surface area (TPSA) is 57.5 Å². The third-order valence-electron chi connectivity index (χ3n) is 2.85. The first-order chi connectivity index (χ1) is 7.12. The van der Waals surface area contributed by atoms with Gasteiger partial charge >= 0.3 is 5.97 Å². The Morgan fingerprint density at radius 2 is 2.00 bits per heavy atom. The summed E-state index contributed by atoms with van der Waals surface area (Å²) in [4.78, 5) is 10.5. The second kappa shape index (κ2) is 3.66. The van der Waals surface area contributed by atoms with Gasteiger partial charge in [0, 0.05) is 6.42 Å². The minimum atomic E-state index is -0.799. The van der Waals surface area contributed by atoms with Crippen molar-refractivity contribution in [2.24, 2.45) is 0 Å². The molecule has 0 bridgehead atoms. The van der Waals surface area contributed by atoms with E-state index in [9.17, 15) is 9.90 Å². The molecule has 1 fully saturated rings. The Kier molecular flexibility index (Phi) is 2.49. The van der Waals surface area contributed by atoms with Gasteiger partial charge < -0.3 is 10.2 Å². The molecule has 0 aromatic heterocycles. The minimum Gasteiger partial charge on any atom is -0.481 e. The van der Waals surface area contributed by atoms with Crippen LogP contribution in [0.1, 0.15) is 30.4 Å². The zero-order valence-electron chi connectivity index (χ0n) is 8.44. The van der Waals surface area contributed by atoms with Crippen LogP contribution in [0.5, 0.6) is 0 Å². The van der Waals surface area contributed by atoms with E-state index in [0.29, 0.717) is 6.42 Å². The lowest BCUT2D eigenvalue weighted by Crippen LogP contribution is -2.09. The normalized spacial score (nSPS) is 17.4. The van der Waals surface area contributed by atoms with E-state index in [2.05, 4.69) is 0 Å². The number of benzene rings is 1. The summed E-state index contributed by atoms with van der Waals surface area (Å²) in [6.45, 7) is 0. The maximum Gasteiger partial charge on any atom is 0.303 e. The first-order valence-electron chi connectivity index (χ1n) is 5.14. The van der Waals surface area contributed by atoms with Gasteiger partial charge in [-0.25, -0.2) is 0 Å². The van der Waals surface area contributed by atoms with E-state index < -0.39 is 11.6 Å². The highest BCUT2D eigenvalue weighted by Crippen LogP contribution is 2.46. The molecule has 2 rings (SSSR count). The number of aliphatic carboxylic acids is 1. The van der Waals surface area contributed by atoms with Gasteiger partial charge in [0.2, 0.25) is 0 Å². The molecule has 80 valence electrons. The van der Waals surface area contributed by atoms with E-state index in [0.717, 1.165) is 24.0 Å². The average Bonchev–Trinajstić information content (AvgIpc) is 2.95. The zero-order chi connectivity index (χ0) is 10.9. The molecule has 2 N–H and O–H groups in total. The van der Waals surface area contributed by atoms with Crippen LogP contribution in [-0.4, -0.2) is 16.2 Å². The highest BCUT2D eigenvalue weighted by atomic mass is 16.4. The molecule has 0 aliphatic heterocycles. The van der Waals surface area contributed by atoms with Crippen molar-refractivity contribution in [1.29, 1.82) is 0 Å². The Bertz CT molecular complexity index is 380. The number of aryl methyl sites for hydroxylation is 1. The van der Waals surface area contributed by atoms with Crippen LogP contribution >= 0.6 is 0 Å². The molecule has 0 amide bonds. The summed E-state index contributed by atoms with van der Waals surface area (Å²) in [5.74, 6) is -0.799. The molecule has 1 aromatic carbocycles. The Balaban J connectivity index is 2.19. The number of hydrogen-bond acceptors (Lipinski definition) is 2. The molecule has 0 heterocycles. The molecule has 1 saturated carbocycles. The summed E-state index contributed by atoms with van der Waals surface area (Å²) < 4.78 is 0. The van der Waals surface area contributed by atoms with Crippen molar-refractivity contribution in [3.63, 3.8) is 0 Å². The summed E-state index contributed by atoms with van der Waals surface area (Å²) in [6, 6.07) is 7.56. The third-order valence-corrected chi connectivity index (χ3v) is 2.85. The van der Waals surface area contributed by atoms with Gasteiger partial charge in [-0.3, -0.25) is 4.79 Å². The highest BCUT2D eigenvalue weighted by Gasteiger charge is 2.43. The first kappa shape index (κ1) is 10.2. The fraction of sp³-hybridized carbons (Fsp3) is 0.417. The first-order valence-corrected chi connectivity index (χ1v) is 5.14. The maximum atomic E-state index is 10.5. The number of aliphatic hydroxyl groups is 1. The average molecular weight is 206 g/mol. The van der Waals surface area contributed by atoms with Crippen LogP contribution in [-0.2, 0) is 16.8 Å². The maximum absolute atomic E-state index is 10.5. The fourth-order valence-corrected chi connectivity index (χ4v) is 1.82. The van der Waals surface area contributed by atoms with E-state index in [-0.39, 0.29) is 6.42 Å². The third kappa shape index (κ3) is 2.18. The van der Waals surface area contributed by atoms with Crippen molar-refractivity contribution in [2.75, 3.05) is 0 Å². The molecular weight excluding hydrogens is 192 g/mol. The standard InChI is InChI=1S/C12H14O3/c13-11(14)6-5-9-3-1-2-4-10(9)12(15)7-8-12/h1-4,15H,5-8H2,(H,13,14). The molecular formula is C12H14O3. The van der Waals surface area contributed by atoms with Crippen molar-refractivity contribution >= 4 is 5.97 Å². The van der Waals surface area contributed by atoms with Gasteiger partial charge in [0.1, 0.15) is 0 Å². The van der Waals surface area contributed by atoms with Gasteiger partial charge in [0.25, 0.3) is 0 Å². The summed E-state index contributed by atoms with van der Waals surface area (Å²) in [5, 5.41) is 18.6. The Labute approximate surface area is 88.4 Å². The monoisotopic (exact) mass is 206 g/mol. The lowest BCUT2D eigenvalue weighted by molar-refractivity contribution is -0.136. The fourth-order valence-electron chi connectivity index (χ4n) is 1.82. The molecule has 0 radical (unpaired) electrons. The van der Waals surface area contributed by atoms with Crippen molar-refractivity contribution in [3.05, 3.63) is 35.4 Å². The Morgan fingerprint density at radius 3 is 2.60 bits per heavy atom. The predicted octanol–water partition coefficient (Wildman–Crippen LogP) is 1.69. The van der Waals surface area contributed by atoms with E-state index in [4.69, 9.17) is 5.11 Å². The number of carboxylic acids is 1. The van der Waals surface area contributed by atoms with Gasteiger partial charge in [-0.2, -0.15) is 0 Å². The van der Waals surface area contributed by atoms with Crippen molar-refractivity contribution in [1.82, 2.24) is 0 Å². The van der Waals surface area contributed by atoms with Crippen LogP contribution in [0.3, 0.4) is 0 Å². The molecule has 0 unspecified atom stereocenters. The van der Waals surface area contributed by atoms with Gasteiger partial charge in [0.15, 0.2) is 0 Å².